The van der Waals surface area contributed by atoms with Crippen molar-refractivity contribution in [3.8, 4) is 0 Å². The highest BCUT2D eigenvalue weighted by Gasteiger charge is 2.20. The van der Waals surface area contributed by atoms with Crippen molar-refractivity contribution in [3.63, 3.8) is 0 Å². The van der Waals surface area contributed by atoms with Crippen molar-refractivity contribution in [2.24, 2.45) is 0 Å². The van der Waals surface area contributed by atoms with Crippen LogP contribution in [0.4, 0.5) is 17.3 Å². The summed E-state index contributed by atoms with van der Waals surface area (Å²) in [5, 5.41) is 1.56. The third kappa shape index (κ3) is 4.10. The van der Waals surface area contributed by atoms with Crippen LogP contribution >= 0.6 is 0 Å². The van der Waals surface area contributed by atoms with Gasteiger partial charge in [-0.15, -0.1) is 0 Å². The number of fused-ring (bicyclic) bond motifs is 2. The Labute approximate surface area is 129 Å². The lowest BCUT2D eigenvalue weighted by molar-refractivity contribution is -0.369. The molecule has 3 nitrogen and oxygen atoms in total. The molecular weight excluding hydrogens is 311 g/mol. The first kappa shape index (κ1) is 17.0. The molecule has 0 aliphatic heterocycles. The van der Waals surface area contributed by atoms with E-state index in [0.717, 1.165) is 34.9 Å². The molecule has 0 spiro atoms. The second kappa shape index (κ2) is 6.83. The molecule has 1 heterocycles. The molecular formula is C15H15BF4N2O. The first-order valence-corrected chi connectivity index (χ1v) is 7.00. The Bertz CT molecular complexity index is 811. The summed E-state index contributed by atoms with van der Waals surface area (Å²) in [7, 11) is -6.00. The largest absolute Gasteiger partial charge is 0.673 e. The normalized spacial score (nSPS) is 11.3. The molecule has 122 valence electrons. The van der Waals surface area contributed by atoms with E-state index in [0.29, 0.717) is 0 Å². The molecule has 1 aromatic heterocycles. The maximum Gasteiger partial charge on any atom is 0.673 e. The fraction of sp³-hybridized carbons (Fsp3) is 0.133. The lowest BCUT2D eigenvalue weighted by Crippen LogP contribution is -2.52. The zero-order valence-electron chi connectivity index (χ0n) is 12.2. The number of aromatic nitrogens is 1. The van der Waals surface area contributed by atoms with E-state index in [1.165, 1.54) is 0 Å². The quantitative estimate of drug-likeness (QED) is 0.439. The molecule has 0 aliphatic carbocycles. The third-order valence-corrected chi connectivity index (χ3v) is 3.26. The monoisotopic (exact) mass is 326 g/mol. The van der Waals surface area contributed by atoms with Crippen molar-refractivity contribution >= 4 is 29.1 Å². The zero-order valence-corrected chi connectivity index (χ0v) is 12.2. The molecule has 0 fully saturated rings. The summed E-state index contributed by atoms with van der Waals surface area (Å²) in [4.78, 5) is 12.4. The molecule has 23 heavy (non-hydrogen) atoms. The molecule has 0 amide bonds. The predicted molar refractivity (Wildman–Crippen MR) is 83.7 cm³/mol. The Morgan fingerprint density at radius 1 is 0.870 bits per heavy atom. The molecule has 0 aliphatic rings. The van der Waals surface area contributed by atoms with E-state index in [-0.39, 0.29) is 5.43 Å². The van der Waals surface area contributed by atoms with Gasteiger partial charge in [0.05, 0.1) is 24.1 Å². The van der Waals surface area contributed by atoms with Crippen LogP contribution in [0.15, 0.2) is 53.3 Å². The van der Waals surface area contributed by atoms with Crippen LogP contribution in [-0.2, 0) is 6.54 Å². The number of pyridine rings is 1. The minimum atomic E-state index is -6.00. The van der Waals surface area contributed by atoms with Gasteiger partial charge >= 0.3 is 7.25 Å². The Morgan fingerprint density at radius 3 is 1.65 bits per heavy atom. The van der Waals surface area contributed by atoms with Gasteiger partial charge < -0.3 is 27.6 Å². The molecule has 0 bridgehead atoms. The maximum absolute atomic E-state index is 12.4. The molecule has 3 rings (SSSR count). The summed E-state index contributed by atoms with van der Waals surface area (Å²) in [6.45, 7) is 1.62. The highest BCUT2D eigenvalue weighted by Crippen LogP contribution is 2.18. The summed E-state index contributed by atoms with van der Waals surface area (Å²) >= 11 is 0. The minimum absolute atomic E-state index is 0.113. The van der Waals surface area contributed by atoms with E-state index in [1.807, 2.05) is 48.5 Å². The van der Waals surface area contributed by atoms with Gasteiger partial charge in [-0.1, -0.05) is 24.3 Å². The number of nitrogens with zero attached hydrogens (tertiary/aromatic N) is 1. The van der Waals surface area contributed by atoms with Gasteiger partial charge in [-0.2, -0.15) is 0 Å². The first-order valence-electron chi connectivity index (χ1n) is 7.00. The van der Waals surface area contributed by atoms with Gasteiger partial charge in [0.25, 0.3) is 0 Å². The van der Waals surface area contributed by atoms with Crippen molar-refractivity contribution in [1.82, 2.24) is 4.57 Å². The van der Waals surface area contributed by atoms with Crippen molar-refractivity contribution in [2.75, 3.05) is 6.54 Å². The smallest absolute Gasteiger partial charge is 0.418 e. The number of quaternary nitrogens is 1. The highest BCUT2D eigenvalue weighted by atomic mass is 19.5. The van der Waals surface area contributed by atoms with Crippen LogP contribution < -0.4 is 11.2 Å². The third-order valence-electron chi connectivity index (χ3n) is 3.26. The number of benzene rings is 2. The summed E-state index contributed by atoms with van der Waals surface area (Å²) in [6.07, 6.45) is 0. The lowest BCUT2D eigenvalue weighted by atomic mass is 10.1. The van der Waals surface area contributed by atoms with Crippen LogP contribution in [0.5, 0.6) is 0 Å². The van der Waals surface area contributed by atoms with E-state index in [1.54, 1.807) is 0 Å². The second-order valence-electron chi connectivity index (χ2n) is 4.86. The molecule has 0 atom stereocenters. The van der Waals surface area contributed by atoms with Crippen LogP contribution in [0.1, 0.15) is 0 Å². The zero-order chi connectivity index (χ0) is 17.0. The second-order valence-corrected chi connectivity index (χ2v) is 4.86. The minimum Gasteiger partial charge on any atom is -0.418 e. The predicted octanol–water partition coefficient (Wildman–Crippen LogP) is 2.70. The van der Waals surface area contributed by atoms with Gasteiger partial charge in [0.1, 0.15) is 0 Å². The van der Waals surface area contributed by atoms with Crippen molar-refractivity contribution in [2.45, 2.75) is 6.54 Å². The number of hydrogen-bond donors (Lipinski definition) is 1. The number of hydrogen-bond acceptors (Lipinski definition) is 1. The summed E-state index contributed by atoms with van der Waals surface area (Å²) in [5.74, 6) is 0. The van der Waals surface area contributed by atoms with Gasteiger partial charge in [0.2, 0.25) is 0 Å². The Morgan fingerprint density at radius 2 is 1.26 bits per heavy atom. The molecule has 3 aromatic rings. The summed E-state index contributed by atoms with van der Waals surface area (Å²) in [6, 6.07) is 15.5. The molecule has 3 N–H and O–H groups in total. The molecule has 2 aromatic carbocycles. The van der Waals surface area contributed by atoms with Crippen LogP contribution in [0.25, 0.3) is 21.8 Å². The van der Waals surface area contributed by atoms with Crippen LogP contribution in [-0.4, -0.2) is 18.4 Å². The molecule has 0 saturated carbocycles. The highest BCUT2D eigenvalue weighted by molar-refractivity contribution is 6.50. The fourth-order valence-corrected chi connectivity index (χ4v) is 2.48. The van der Waals surface area contributed by atoms with Gasteiger partial charge in [-0.25, -0.2) is 0 Å². The van der Waals surface area contributed by atoms with Crippen molar-refractivity contribution in [3.05, 3.63) is 58.8 Å². The topological polar surface area (TPSA) is 49.6 Å². The van der Waals surface area contributed by atoms with E-state index in [9.17, 15) is 22.1 Å². The van der Waals surface area contributed by atoms with Gasteiger partial charge in [0, 0.05) is 10.8 Å². The van der Waals surface area contributed by atoms with E-state index in [4.69, 9.17) is 0 Å². The van der Waals surface area contributed by atoms with Crippen LogP contribution in [0, 0.1) is 0 Å². The van der Waals surface area contributed by atoms with Gasteiger partial charge in [-0.05, 0) is 24.3 Å². The fourth-order valence-electron chi connectivity index (χ4n) is 2.48. The SMILES string of the molecule is F[B-](F)(F)F.[NH3+]CCn1c2ccccc2c(=O)c2ccccc21. The maximum atomic E-state index is 12.4. The Balaban J connectivity index is 0.000000338. The molecule has 0 radical (unpaired) electrons. The number of rotatable bonds is 2. The van der Waals surface area contributed by atoms with E-state index < -0.39 is 7.25 Å². The average Bonchev–Trinajstić information content (AvgIpc) is 2.50. The van der Waals surface area contributed by atoms with E-state index in [2.05, 4.69) is 10.3 Å². The number of para-hydroxylation sites is 2. The lowest BCUT2D eigenvalue weighted by Gasteiger charge is -2.13. The number of halogens is 4. The standard InChI is InChI=1S/C15H14N2O.BF4/c16-9-10-17-13-7-3-1-5-11(13)15(18)12-6-2-4-8-14(12)17;2-1(3,4)5/h1-8H,9-10,16H2;/q;-1/p+1. The van der Waals surface area contributed by atoms with Crippen molar-refractivity contribution < 1.29 is 23.0 Å². The van der Waals surface area contributed by atoms with Crippen molar-refractivity contribution in [1.29, 1.82) is 0 Å². The Kier molecular flexibility index (Phi) is 5.05. The van der Waals surface area contributed by atoms with Crippen LogP contribution in [0.2, 0.25) is 0 Å². The van der Waals surface area contributed by atoms with E-state index >= 15 is 0 Å². The summed E-state index contributed by atoms with van der Waals surface area (Å²) in [5.41, 5.74) is 6.01. The average molecular weight is 326 g/mol. The Hall–Kier alpha value is -2.35. The molecule has 8 heteroatoms. The first-order chi connectivity index (χ1) is 10.8. The van der Waals surface area contributed by atoms with Crippen LogP contribution in [0.3, 0.4) is 0 Å². The van der Waals surface area contributed by atoms with Gasteiger partial charge in [-0.3, -0.25) is 4.79 Å². The molecule has 0 unspecified atom stereocenters. The molecule has 0 saturated heterocycles. The summed E-state index contributed by atoms with van der Waals surface area (Å²) < 4.78 is 41.2. The van der Waals surface area contributed by atoms with Gasteiger partial charge in [0.15, 0.2) is 5.43 Å².